The van der Waals surface area contributed by atoms with Crippen LogP contribution in [-0.2, 0) is 22.6 Å². The highest BCUT2D eigenvalue weighted by molar-refractivity contribution is 7.13. The van der Waals surface area contributed by atoms with Crippen LogP contribution in [0.4, 0.5) is 22.0 Å². The molecular weight excluding hydrogens is 753 g/mol. The van der Waals surface area contributed by atoms with E-state index in [4.69, 9.17) is 24.7 Å². The van der Waals surface area contributed by atoms with E-state index in [1.165, 1.54) is 5.56 Å². The maximum absolute atomic E-state index is 12.4. The number of ether oxygens (including phenoxy) is 4. The molecule has 0 spiro atoms. The number of para-hydroxylation sites is 1. The second-order valence-electron chi connectivity index (χ2n) is 15.8. The van der Waals surface area contributed by atoms with Gasteiger partial charge in [-0.05, 0) is 100 Å². The van der Waals surface area contributed by atoms with Crippen LogP contribution in [0.25, 0.3) is 21.7 Å². The SMILES string of the molecule is COCOc1ccccc1-c1cc(N2C[C@H]3CC[C@@H](C2)N3Cc2ccc(OCCCNc3cc(-c4scnc4C)ccc3CNC(=O)OC(C)(C)C)cc2)c(N)nn1. The molecule has 306 valence electrons. The molecule has 1 amide bonds. The lowest BCUT2D eigenvalue weighted by molar-refractivity contribution is 0.0513. The van der Waals surface area contributed by atoms with E-state index in [2.05, 4.69) is 72.0 Å². The van der Waals surface area contributed by atoms with E-state index in [-0.39, 0.29) is 6.79 Å². The van der Waals surface area contributed by atoms with Crippen LogP contribution in [0.2, 0.25) is 0 Å². The lowest BCUT2D eigenvalue weighted by Crippen LogP contribution is -2.53. The number of fused-ring (bicyclic) bond motifs is 2. The average Bonchev–Trinajstić information content (AvgIpc) is 3.73. The van der Waals surface area contributed by atoms with E-state index in [0.717, 1.165) is 89.0 Å². The minimum Gasteiger partial charge on any atom is -0.494 e. The molecule has 4 N–H and O–H groups in total. The number of thiazole rings is 1. The highest BCUT2D eigenvalue weighted by Gasteiger charge is 2.40. The van der Waals surface area contributed by atoms with E-state index in [9.17, 15) is 4.79 Å². The van der Waals surface area contributed by atoms with Crippen molar-refractivity contribution in [1.82, 2.24) is 25.4 Å². The number of nitrogen functional groups attached to an aromatic ring is 1. The molecule has 58 heavy (non-hydrogen) atoms. The van der Waals surface area contributed by atoms with Crippen LogP contribution < -0.4 is 30.7 Å². The third-order valence-electron chi connectivity index (χ3n) is 10.4. The van der Waals surface area contributed by atoms with Crippen LogP contribution in [0, 0.1) is 6.92 Å². The van der Waals surface area contributed by atoms with Gasteiger partial charge in [-0.1, -0.05) is 36.4 Å². The number of carbonyl (C=O) groups is 1. The number of methoxy groups -OCH3 is 1. The molecule has 2 aliphatic heterocycles. The van der Waals surface area contributed by atoms with Gasteiger partial charge in [-0.3, -0.25) is 4.90 Å². The number of anilines is 3. The summed E-state index contributed by atoms with van der Waals surface area (Å²) in [6.07, 6.45) is 2.64. The van der Waals surface area contributed by atoms with Gasteiger partial charge in [0.2, 0.25) is 0 Å². The number of rotatable bonds is 16. The van der Waals surface area contributed by atoms with Gasteiger partial charge in [-0.25, -0.2) is 9.78 Å². The van der Waals surface area contributed by atoms with Crippen LogP contribution in [-0.4, -0.2) is 84.0 Å². The summed E-state index contributed by atoms with van der Waals surface area (Å²) in [5, 5.41) is 15.2. The molecule has 3 aromatic carbocycles. The normalized spacial score (nSPS) is 16.6. The summed E-state index contributed by atoms with van der Waals surface area (Å²) in [7, 11) is 1.60. The Balaban J connectivity index is 0.908. The van der Waals surface area contributed by atoms with E-state index in [1.54, 1.807) is 18.4 Å². The number of aromatic nitrogens is 3. The Bertz CT molecular complexity index is 2140. The molecule has 2 saturated heterocycles. The van der Waals surface area contributed by atoms with Gasteiger partial charge in [0.05, 0.1) is 34.1 Å². The molecule has 13 nitrogen and oxygen atoms in total. The number of amides is 1. The molecule has 2 bridgehead atoms. The number of piperazine rings is 1. The van der Waals surface area contributed by atoms with Crippen LogP contribution in [0.5, 0.6) is 11.5 Å². The first-order valence-electron chi connectivity index (χ1n) is 19.9. The van der Waals surface area contributed by atoms with Crippen LogP contribution in [0.1, 0.15) is 56.9 Å². The van der Waals surface area contributed by atoms with Crippen molar-refractivity contribution in [1.29, 1.82) is 0 Å². The molecule has 0 saturated carbocycles. The zero-order chi connectivity index (χ0) is 40.6. The Labute approximate surface area is 344 Å². The van der Waals surface area contributed by atoms with Crippen LogP contribution in [0.3, 0.4) is 0 Å². The molecule has 7 rings (SSSR count). The number of aryl methyl sites for hydroxylation is 1. The maximum Gasteiger partial charge on any atom is 0.407 e. The number of alkyl carbamates (subject to hydrolysis) is 1. The minimum atomic E-state index is -0.564. The summed E-state index contributed by atoms with van der Waals surface area (Å²) in [6.45, 7) is 12.0. The third-order valence-corrected chi connectivity index (χ3v) is 11.4. The zero-order valence-electron chi connectivity index (χ0n) is 34.0. The first-order chi connectivity index (χ1) is 28.0. The van der Waals surface area contributed by atoms with Crippen molar-refractivity contribution in [2.45, 2.75) is 77.7 Å². The van der Waals surface area contributed by atoms with Crippen molar-refractivity contribution >= 4 is 34.6 Å². The lowest BCUT2D eigenvalue weighted by atomic mass is 10.1. The maximum atomic E-state index is 12.4. The van der Waals surface area contributed by atoms with Gasteiger partial charge in [-0.15, -0.1) is 21.5 Å². The molecule has 0 radical (unpaired) electrons. The van der Waals surface area contributed by atoms with Crippen LogP contribution >= 0.6 is 11.3 Å². The Morgan fingerprint density at radius 1 is 0.983 bits per heavy atom. The number of nitrogens with zero attached hydrogens (tertiary/aromatic N) is 5. The lowest BCUT2D eigenvalue weighted by Gasteiger charge is -2.42. The fourth-order valence-electron chi connectivity index (χ4n) is 7.63. The summed E-state index contributed by atoms with van der Waals surface area (Å²) in [5.41, 5.74) is 15.5. The molecule has 2 aromatic heterocycles. The van der Waals surface area contributed by atoms with E-state index in [1.807, 2.05) is 69.6 Å². The smallest absolute Gasteiger partial charge is 0.407 e. The Kier molecular flexibility index (Phi) is 12.9. The number of hydrogen-bond donors (Lipinski definition) is 3. The predicted octanol–water partition coefficient (Wildman–Crippen LogP) is 7.90. The Morgan fingerprint density at radius 2 is 1.76 bits per heavy atom. The van der Waals surface area contributed by atoms with Crippen molar-refractivity contribution in [3.05, 3.63) is 95.1 Å². The second-order valence-corrected chi connectivity index (χ2v) is 16.6. The standard InChI is InChI=1S/C44H54N8O5S/c1-29-41(58-27-48-29)31-13-14-32(23-47-43(53)57-44(2,3)4)37(21-31)46-19-8-20-55-35-17-11-30(12-18-35)24-52-33-15-16-34(52)26-51(25-33)39-22-38(49-50-42(39)45)36-9-6-7-10-40(36)56-28-54-5/h6-7,9-14,17-18,21-22,27,33-34,46H,8,15-16,19-20,23-26,28H2,1-5H3,(H2,45,50)(H,47,53)/t33-,34+. The van der Waals surface area contributed by atoms with Gasteiger partial charge in [0.1, 0.15) is 17.1 Å². The fourth-order valence-corrected chi connectivity index (χ4v) is 8.43. The van der Waals surface area contributed by atoms with Gasteiger partial charge in [-0.2, -0.15) is 0 Å². The molecule has 2 aliphatic rings. The molecule has 0 aliphatic carbocycles. The quantitative estimate of drug-likeness (QED) is 0.0658. The van der Waals surface area contributed by atoms with Crippen LogP contribution in [0.15, 0.2) is 78.3 Å². The van der Waals surface area contributed by atoms with Crippen molar-refractivity contribution in [2.24, 2.45) is 0 Å². The highest BCUT2D eigenvalue weighted by atomic mass is 32.1. The topological polar surface area (TPSA) is 149 Å². The second kappa shape index (κ2) is 18.4. The van der Waals surface area contributed by atoms with Gasteiger partial charge in [0.15, 0.2) is 12.6 Å². The summed E-state index contributed by atoms with van der Waals surface area (Å²) >= 11 is 1.62. The first kappa shape index (κ1) is 40.7. The molecule has 14 heteroatoms. The van der Waals surface area contributed by atoms with Crippen molar-refractivity contribution in [3.63, 3.8) is 0 Å². The summed E-state index contributed by atoms with van der Waals surface area (Å²) in [5.74, 6) is 1.98. The monoisotopic (exact) mass is 806 g/mol. The molecular formula is C44H54N8O5S. The number of nitrogens with two attached hydrogens (primary N) is 1. The van der Waals surface area contributed by atoms with Crippen molar-refractivity contribution < 1.29 is 23.7 Å². The molecule has 0 unspecified atom stereocenters. The first-order valence-corrected chi connectivity index (χ1v) is 20.7. The number of benzene rings is 3. The zero-order valence-corrected chi connectivity index (χ0v) is 34.8. The van der Waals surface area contributed by atoms with E-state index in [0.29, 0.717) is 43.3 Å². The number of nitrogens with one attached hydrogen (secondary N) is 2. The summed E-state index contributed by atoms with van der Waals surface area (Å²) in [6, 6.07) is 25.4. The highest BCUT2D eigenvalue weighted by Crippen LogP contribution is 2.38. The molecule has 2 atom stereocenters. The molecule has 4 heterocycles. The Hall–Kier alpha value is -5.44. The molecule has 5 aromatic rings. The van der Waals surface area contributed by atoms with Gasteiger partial charge in [0.25, 0.3) is 0 Å². The van der Waals surface area contributed by atoms with Gasteiger partial charge < -0.3 is 40.2 Å². The average molecular weight is 807 g/mol. The number of hydrogen-bond acceptors (Lipinski definition) is 13. The third kappa shape index (κ3) is 10.2. The van der Waals surface area contributed by atoms with Gasteiger partial charge in [0, 0.05) is 63.2 Å². The van der Waals surface area contributed by atoms with Crippen molar-refractivity contribution in [2.75, 3.05) is 56.1 Å². The van der Waals surface area contributed by atoms with Gasteiger partial charge >= 0.3 is 6.09 Å². The molecule has 2 fully saturated rings. The summed E-state index contributed by atoms with van der Waals surface area (Å²) in [4.78, 5) is 22.9. The fraction of sp³-hybridized carbons (Fsp3) is 0.409. The van der Waals surface area contributed by atoms with E-state index >= 15 is 0 Å². The Morgan fingerprint density at radius 3 is 2.48 bits per heavy atom. The van der Waals surface area contributed by atoms with E-state index < -0.39 is 11.7 Å². The predicted molar refractivity (Wildman–Crippen MR) is 229 cm³/mol. The minimum absolute atomic E-state index is 0.150. The largest absolute Gasteiger partial charge is 0.494 e. The van der Waals surface area contributed by atoms with Crippen molar-refractivity contribution in [3.8, 4) is 33.2 Å². The number of carbonyl (C=O) groups excluding carboxylic acids is 1. The summed E-state index contributed by atoms with van der Waals surface area (Å²) < 4.78 is 22.5.